The predicted molar refractivity (Wildman–Crippen MR) is 85.1 cm³/mol. The molecule has 1 aromatic rings. The first-order valence-corrected chi connectivity index (χ1v) is 7.64. The molecule has 1 rings (SSSR count). The monoisotopic (exact) mass is 324 g/mol. The van der Waals surface area contributed by atoms with E-state index in [2.05, 4.69) is 10.6 Å². The average Bonchev–Trinajstić information content (AvgIpc) is 2.35. The van der Waals surface area contributed by atoms with E-state index in [0.29, 0.717) is 20.8 Å². The van der Waals surface area contributed by atoms with Gasteiger partial charge < -0.3 is 15.7 Å². The average molecular weight is 325 g/mol. The second-order valence-electron chi connectivity index (χ2n) is 3.32. The SMILES string of the molecule is OCCSCCNC(=S)Nc1cccc(Cl)c1Cl. The number of halogens is 2. The molecule has 3 N–H and O–H groups in total. The Balaban J connectivity index is 2.34. The zero-order valence-corrected chi connectivity index (χ0v) is 12.7. The Hall–Kier alpha value is -0.200. The molecule has 18 heavy (non-hydrogen) atoms. The molecule has 0 radical (unpaired) electrons. The Bertz CT molecular complexity index is 405. The van der Waals surface area contributed by atoms with Gasteiger partial charge in [-0.2, -0.15) is 11.8 Å². The van der Waals surface area contributed by atoms with Crippen LogP contribution in [0.25, 0.3) is 0 Å². The number of hydrogen-bond donors (Lipinski definition) is 3. The summed E-state index contributed by atoms with van der Waals surface area (Å²) in [5.74, 6) is 1.62. The molecule has 0 aliphatic carbocycles. The highest BCUT2D eigenvalue weighted by molar-refractivity contribution is 7.99. The van der Waals surface area contributed by atoms with Crippen LogP contribution in [0, 0.1) is 0 Å². The van der Waals surface area contributed by atoms with Crippen molar-refractivity contribution in [3.63, 3.8) is 0 Å². The maximum atomic E-state index is 8.62. The molecule has 0 aromatic heterocycles. The van der Waals surface area contributed by atoms with Gasteiger partial charge in [0.2, 0.25) is 0 Å². The molecular weight excluding hydrogens is 311 g/mol. The van der Waals surface area contributed by atoms with Crippen molar-refractivity contribution in [1.82, 2.24) is 5.32 Å². The fourth-order valence-electron chi connectivity index (χ4n) is 1.17. The first-order chi connectivity index (χ1) is 8.65. The normalized spacial score (nSPS) is 10.2. The van der Waals surface area contributed by atoms with Crippen LogP contribution in [-0.2, 0) is 0 Å². The van der Waals surface area contributed by atoms with E-state index in [1.54, 1.807) is 23.9 Å². The van der Waals surface area contributed by atoms with Crippen LogP contribution in [0.15, 0.2) is 18.2 Å². The lowest BCUT2D eigenvalue weighted by atomic mass is 10.3. The minimum atomic E-state index is 0.200. The second kappa shape index (κ2) is 8.82. The van der Waals surface area contributed by atoms with Crippen LogP contribution in [0.1, 0.15) is 0 Å². The van der Waals surface area contributed by atoms with Gasteiger partial charge in [-0.3, -0.25) is 0 Å². The number of thiocarbonyl (C=S) groups is 1. The zero-order valence-electron chi connectivity index (χ0n) is 9.58. The summed E-state index contributed by atoms with van der Waals surface area (Å²) in [5, 5.41) is 16.1. The van der Waals surface area contributed by atoms with Gasteiger partial charge in [0.25, 0.3) is 0 Å². The molecule has 0 saturated carbocycles. The van der Waals surface area contributed by atoms with Crippen LogP contribution in [0.5, 0.6) is 0 Å². The highest BCUT2D eigenvalue weighted by Crippen LogP contribution is 2.29. The molecule has 0 spiro atoms. The van der Waals surface area contributed by atoms with E-state index in [-0.39, 0.29) is 6.61 Å². The molecule has 0 saturated heterocycles. The fourth-order valence-corrected chi connectivity index (χ4v) is 2.31. The fraction of sp³-hybridized carbons (Fsp3) is 0.364. The lowest BCUT2D eigenvalue weighted by Crippen LogP contribution is -2.30. The minimum Gasteiger partial charge on any atom is -0.396 e. The summed E-state index contributed by atoms with van der Waals surface area (Å²) < 4.78 is 0. The summed E-state index contributed by atoms with van der Waals surface area (Å²) in [7, 11) is 0. The van der Waals surface area contributed by atoms with Gasteiger partial charge >= 0.3 is 0 Å². The van der Waals surface area contributed by atoms with Gasteiger partial charge in [0, 0.05) is 18.1 Å². The molecule has 1 aromatic carbocycles. The molecular formula is C11H14Cl2N2OS2. The van der Waals surface area contributed by atoms with Crippen molar-refractivity contribution in [2.75, 3.05) is 30.0 Å². The number of aliphatic hydroxyl groups is 1. The summed E-state index contributed by atoms with van der Waals surface area (Å²) in [6, 6.07) is 5.33. The van der Waals surface area contributed by atoms with E-state index >= 15 is 0 Å². The lowest BCUT2D eigenvalue weighted by Gasteiger charge is -2.12. The van der Waals surface area contributed by atoms with Crippen molar-refractivity contribution >= 4 is 58.0 Å². The summed E-state index contributed by atoms with van der Waals surface area (Å²) in [6.45, 7) is 0.931. The Morgan fingerprint density at radius 1 is 1.33 bits per heavy atom. The highest BCUT2D eigenvalue weighted by Gasteiger charge is 2.05. The number of benzene rings is 1. The number of thioether (sulfide) groups is 1. The molecule has 100 valence electrons. The van der Waals surface area contributed by atoms with Crippen molar-refractivity contribution in [3.8, 4) is 0 Å². The summed E-state index contributed by atoms with van der Waals surface area (Å²) in [5.41, 5.74) is 0.685. The third kappa shape index (κ3) is 5.63. The second-order valence-corrected chi connectivity index (χ2v) is 5.74. The first-order valence-electron chi connectivity index (χ1n) is 5.32. The van der Waals surface area contributed by atoms with Crippen molar-refractivity contribution in [2.24, 2.45) is 0 Å². The molecule has 0 atom stereocenters. The van der Waals surface area contributed by atoms with Crippen molar-refractivity contribution in [3.05, 3.63) is 28.2 Å². The Morgan fingerprint density at radius 3 is 2.83 bits per heavy atom. The smallest absolute Gasteiger partial charge is 0.170 e. The highest BCUT2D eigenvalue weighted by atomic mass is 35.5. The molecule has 0 fully saturated rings. The van der Waals surface area contributed by atoms with Crippen LogP contribution in [-0.4, -0.2) is 34.9 Å². The maximum Gasteiger partial charge on any atom is 0.170 e. The lowest BCUT2D eigenvalue weighted by molar-refractivity contribution is 0.322. The van der Waals surface area contributed by atoms with E-state index < -0.39 is 0 Å². The zero-order chi connectivity index (χ0) is 13.4. The molecule has 0 amide bonds. The number of rotatable bonds is 6. The molecule has 0 aliphatic heterocycles. The standard InChI is InChI=1S/C11H14Cl2N2OS2/c12-8-2-1-3-9(10(8)13)15-11(17)14-4-6-18-7-5-16/h1-3,16H,4-7H2,(H2,14,15,17). The molecule has 7 heteroatoms. The number of aliphatic hydroxyl groups excluding tert-OH is 1. The van der Waals surface area contributed by atoms with Crippen LogP contribution in [0.4, 0.5) is 5.69 Å². The largest absolute Gasteiger partial charge is 0.396 e. The Kier molecular flexibility index (Phi) is 7.77. The summed E-state index contributed by atoms with van der Waals surface area (Å²) >= 11 is 18.7. The van der Waals surface area contributed by atoms with E-state index in [0.717, 1.165) is 18.1 Å². The van der Waals surface area contributed by atoms with E-state index in [1.165, 1.54) is 0 Å². The van der Waals surface area contributed by atoms with Crippen molar-refractivity contribution in [2.45, 2.75) is 0 Å². The molecule has 0 heterocycles. The van der Waals surface area contributed by atoms with Gasteiger partial charge in [0.15, 0.2) is 5.11 Å². The van der Waals surface area contributed by atoms with Crippen LogP contribution in [0.3, 0.4) is 0 Å². The van der Waals surface area contributed by atoms with Gasteiger partial charge in [-0.1, -0.05) is 29.3 Å². The van der Waals surface area contributed by atoms with Crippen LogP contribution < -0.4 is 10.6 Å². The predicted octanol–water partition coefficient (Wildman–Crippen LogP) is 3.01. The van der Waals surface area contributed by atoms with E-state index in [1.807, 2.05) is 6.07 Å². The minimum absolute atomic E-state index is 0.200. The van der Waals surface area contributed by atoms with Gasteiger partial charge in [-0.15, -0.1) is 0 Å². The first kappa shape index (κ1) is 15.9. The summed E-state index contributed by atoms with van der Waals surface area (Å²) in [6.07, 6.45) is 0. The van der Waals surface area contributed by atoms with E-state index in [9.17, 15) is 0 Å². The quantitative estimate of drug-likeness (QED) is 0.554. The third-order valence-electron chi connectivity index (χ3n) is 1.97. The van der Waals surface area contributed by atoms with Gasteiger partial charge in [-0.25, -0.2) is 0 Å². The van der Waals surface area contributed by atoms with Gasteiger partial charge in [-0.05, 0) is 24.4 Å². The number of anilines is 1. The Morgan fingerprint density at radius 2 is 2.11 bits per heavy atom. The Labute approximate surface area is 126 Å². The molecule has 0 unspecified atom stereocenters. The van der Waals surface area contributed by atoms with Crippen molar-refractivity contribution in [1.29, 1.82) is 0 Å². The topological polar surface area (TPSA) is 44.3 Å². The van der Waals surface area contributed by atoms with Gasteiger partial charge in [0.1, 0.15) is 0 Å². The summed E-state index contributed by atoms with van der Waals surface area (Å²) in [4.78, 5) is 0. The van der Waals surface area contributed by atoms with E-state index in [4.69, 9.17) is 40.5 Å². The van der Waals surface area contributed by atoms with Crippen LogP contribution >= 0.6 is 47.2 Å². The van der Waals surface area contributed by atoms with Crippen molar-refractivity contribution < 1.29 is 5.11 Å². The maximum absolute atomic E-state index is 8.62. The van der Waals surface area contributed by atoms with Crippen LogP contribution in [0.2, 0.25) is 10.0 Å². The third-order valence-corrected chi connectivity index (χ3v) is 4.00. The molecule has 0 bridgehead atoms. The van der Waals surface area contributed by atoms with Gasteiger partial charge in [0.05, 0.1) is 22.3 Å². The number of nitrogens with one attached hydrogen (secondary N) is 2. The molecule has 3 nitrogen and oxygen atoms in total. The molecule has 0 aliphatic rings. The number of hydrogen-bond acceptors (Lipinski definition) is 3.